The van der Waals surface area contributed by atoms with Crippen molar-refractivity contribution in [1.82, 2.24) is 19.5 Å². The molecule has 96 valence electrons. The Morgan fingerprint density at radius 2 is 2.17 bits per heavy atom. The van der Waals surface area contributed by atoms with Crippen LogP contribution in [0.5, 0.6) is 0 Å². The number of hydrogen-bond donors (Lipinski definition) is 4. The minimum Gasteiger partial charge on any atom is -0.396 e. The Morgan fingerprint density at radius 3 is 2.83 bits per heavy atom. The molecule has 2 aromatic heterocycles. The number of nitrogen functional groups attached to an aromatic ring is 2. The smallest absolute Gasteiger partial charge is 0.224 e. The Kier molecular flexibility index (Phi) is 2.35. The number of hydrogen-bond acceptors (Lipinski definition) is 7. The average molecular weight is 250 g/mol. The number of nitrogens with zero attached hydrogens (tertiary/aromatic N) is 4. The van der Waals surface area contributed by atoms with Gasteiger partial charge in [-0.25, -0.2) is 4.98 Å². The normalized spacial score (nSPS) is 27.3. The molecule has 0 aromatic carbocycles. The molecular weight excluding hydrogens is 236 g/mol. The minimum absolute atomic E-state index is 0.0382. The summed E-state index contributed by atoms with van der Waals surface area (Å²) in [4.78, 5) is 12.1. The first-order valence-electron chi connectivity index (χ1n) is 5.66. The molecule has 3 atom stereocenters. The van der Waals surface area contributed by atoms with E-state index in [1.165, 1.54) is 0 Å². The zero-order chi connectivity index (χ0) is 12.9. The molecule has 0 unspecified atom stereocenters. The number of aliphatic hydroxyl groups is 2. The number of nitrogens with two attached hydrogens (primary N) is 2. The van der Waals surface area contributed by atoms with Gasteiger partial charge in [-0.05, 0) is 6.42 Å². The lowest BCUT2D eigenvalue weighted by atomic mass is 9.77. The Bertz CT molecular complexity index is 597. The van der Waals surface area contributed by atoms with Crippen LogP contribution < -0.4 is 11.5 Å². The van der Waals surface area contributed by atoms with E-state index < -0.39 is 6.10 Å². The quantitative estimate of drug-likeness (QED) is 0.531. The van der Waals surface area contributed by atoms with E-state index in [0.29, 0.717) is 17.6 Å². The van der Waals surface area contributed by atoms with Crippen LogP contribution in [0.1, 0.15) is 12.5 Å². The van der Waals surface area contributed by atoms with Crippen molar-refractivity contribution in [2.24, 2.45) is 5.92 Å². The first-order valence-corrected chi connectivity index (χ1v) is 5.66. The van der Waals surface area contributed by atoms with E-state index in [2.05, 4.69) is 15.0 Å². The van der Waals surface area contributed by atoms with Gasteiger partial charge in [0, 0.05) is 12.0 Å². The molecule has 3 rings (SSSR count). The van der Waals surface area contributed by atoms with Gasteiger partial charge in [-0.2, -0.15) is 9.97 Å². The van der Waals surface area contributed by atoms with Crippen molar-refractivity contribution < 1.29 is 10.2 Å². The molecule has 0 bridgehead atoms. The molecular formula is C10H14N6O2. The van der Waals surface area contributed by atoms with Gasteiger partial charge in [-0.1, -0.05) is 0 Å². The van der Waals surface area contributed by atoms with Crippen LogP contribution in [-0.4, -0.2) is 42.4 Å². The number of aliphatic hydroxyl groups excluding tert-OH is 2. The molecule has 1 fully saturated rings. The maximum atomic E-state index is 9.58. The number of aromatic nitrogens is 4. The SMILES string of the molecule is Nc1nc(N)c2ncn([C@@H]3C[C@H](O)[C@H]3CO)c2n1. The van der Waals surface area contributed by atoms with Crippen LogP contribution in [0.25, 0.3) is 11.2 Å². The van der Waals surface area contributed by atoms with E-state index in [1.807, 2.05) is 0 Å². The van der Waals surface area contributed by atoms with Gasteiger partial charge < -0.3 is 26.2 Å². The minimum atomic E-state index is -0.492. The highest BCUT2D eigenvalue weighted by molar-refractivity contribution is 5.82. The topological polar surface area (TPSA) is 136 Å². The highest BCUT2D eigenvalue weighted by Gasteiger charge is 2.41. The van der Waals surface area contributed by atoms with Crippen LogP contribution in [0.3, 0.4) is 0 Å². The van der Waals surface area contributed by atoms with Gasteiger partial charge in [-0.15, -0.1) is 0 Å². The Balaban J connectivity index is 2.08. The third-order valence-electron chi connectivity index (χ3n) is 3.51. The van der Waals surface area contributed by atoms with Crippen molar-refractivity contribution in [1.29, 1.82) is 0 Å². The maximum absolute atomic E-state index is 9.58. The van der Waals surface area contributed by atoms with Gasteiger partial charge in [0.15, 0.2) is 11.5 Å². The predicted molar refractivity (Wildman–Crippen MR) is 64.4 cm³/mol. The van der Waals surface area contributed by atoms with Gasteiger partial charge in [0.2, 0.25) is 5.95 Å². The Labute approximate surface area is 102 Å². The first kappa shape index (κ1) is 11.2. The molecule has 6 N–H and O–H groups in total. The van der Waals surface area contributed by atoms with Crippen molar-refractivity contribution >= 4 is 22.9 Å². The lowest BCUT2D eigenvalue weighted by molar-refractivity contribution is -0.0512. The summed E-state index contributed by atoms with van der Waals surface area (Å²) >= 11 is 0. The summed E-state index contributed by atoms with van der Waals surface area (Å²) in [5, 5.41) is 18.8. The zero-order valence-electron chi connectivity index (χ0n) is 9.56. The standard InChI is InChI=1S/C10H14N6O2/c11-8-7-9(15-10(12)14-8)16(3-13-7)5-1-6(18)4(5)2-17/h3-6,17-18H,1-2H2,(H4,11,12,14,15)/t4-,5+,6-/m0/s1. The average Bonchev–Trinajstić information content (AvgIpc) is 2.69. The van der Waals surface area contributed by atoms with E-state index in [4.69, 9.17) is 11.5 Å². The van der Waals surface area contributed by atoms with Crippen LogP contribution in [0.2, 0.25) is 0 Å². The zero-order valence-corrected chi connectivity index (χ0v) is 9.56. The van der Waals surface area contributed by atoms with Gasteiger partial charge in [0.25, 0.3) is 0 Å². The molecule has 1 saturated carbocycles. The van der Waals surface area contributed by atoms with E-state index in [9.17, 15) is 10.2 Å². The predicted octanol–water partition coefficient (Wildman–Crippen LogP) is -1.10. The summed E-state index contributed by atoms with van der Waals surface area (Å²) in [6.07, 6.45) is 1.66. The van der Waals surface area contributed by atoms with Crippen LogP contribution >= 0.6 is 0 Å². The second-order valence-electron chi connectivity index (χ2n) is 4.51. The van der Waals surface area contributed by atoms with Gasteiger partial charge in [0.1, 0.15) is 5.52 Å². The molecule has 2 aromatic rings. The summed E-state index contributed by atoms with van der Waals surface area (Å²) in [7, 11) is 0. The van der Waals surface area contributed by atoms with Crippen LogP contribution in [0.15, 0.2) is 6.33 Å². The third-order valence-corrected chi connectivity index (χ3v) is 3.51. The highest BCUT2D eigenvalue weighted by Crippen LogP contribution is 2.40. The summed E-state index contributed by atoms with van der Waals surface area (Å²) in [6.45, 7) is -0.0818. The number of imidazole rings is 1. The van der Waals surface area contributed by atoms with Crippen LogP contribution in [0, 0.1) is 5.92 Å². The summed E-state index contributed by atoms with van der Waals surface area (Å²) < 4.78 is 1.79. The highest BCUT2D eigenvalue weighted by atomic mass is 16.3. The van der Waals surface area contributed by atoms with E-state index in [1.54, 1.807) is 10.9 Å². The van der Waals surface area contributed by atoms with Crippen molar-refractivity contribution in [3.63, 3.8) is 0 Å². The summed E-state index contributed by atoms with van der Waals surface area (Å²) in [5.41, 5.74) is 12.3. The fourth-order valence-electron chi connectivity index (χ4n) is 2.42. The summed E-state index contributed by atoms with van der Waals surface area (Å²) in [5.74, 6) is 0.110. The molecule has 0 amide bonds. The second-order valence-corrected chi connectivity index (χ2v) is 4.51. The number of rotatable bonds is 2. The number of fused-ring (bicyclic) bond motifs is 1. The fraction of sp³-hybridized carbons (Fsp3) is 0.500. The molecule has 0 radical (unpaired) electrons. The molecule has 0 saturated heterocycles. The van der Waals surface area contributed by atoms with Crippen molar-refractivity contribution in [2.75, 3.05) is 18.1 Å². The fourth-order valence-corrected chi connectivity index (χ4v) is 2.42. The first-order chi connectivity index (χ1) is 8.61. The second kappa shape index (κ2) is 3.79. The van der Waals surface area contributed by atoms with Gasteiger partial charge >= 0.3 is 0 Å². The monoisotopic (exact) mass is 250 g/mol. The van der Waals surface area contributed by atoms with Gasteiger partial charge in [-0.3, -0.25) is 0 Å². The molecule has 0 spiro atoms. The maximum Gasteiger partial charge on any atom is 0.224 e. The van der Waals surface area contributed by atoms with Gasteiger partial charge in [0.05, 0.1) is 19.0 Å². The third kappa shape index (κ3) is 1.42. The lowest BCUT2D eigenvalue weighted by Gasteiger charge is -2.41. The van der Waals surface area contributed by atoms with Crippen LogP contribution in [-0.2, 0) is 0 Å². The lowest BCUT2D eigenvalue weighted by Crippen LogP contribution is -2.44. The van der Waals surface area contributed by atoms with Crippen molar-refractivity contribution in [3.8, 4) is 0 Å². The molecule has 1 aliphatic rings. The molecule has 2 heterocycles. The van der Waals surface area contributed by atoms with E-state index in [-0.39, 0.29) is 30.3 Å². The Hall–Kier alpha value is -1.93. The molecule has 8 nitrogen and oxygen atoms in total. The number of anilines is 2. The van der Waals surface area contributed by atoms with Crippen molar-refractivity contribution in [2.45, 2.75) is 18.6 Å². The molecule has 8 heteroatoms. The summed E-state index contributed by atoms with van der Waals surface area (Å²) in [6, 6.07) is -0.0382. The van der Waals surface area contributed by atoms with Crippen LogP contribution in [0.4, 0.5) is 11.8 Å². The molecule has 18 heavy (non-hydrogen) atoms. The molecule has 1 aliphatic carbocycles. The Morgan fingerprint density at radius 1 is 1.39 bits per heavy atom. The van der Waals surface area contributed by atoms with E-state index in [0.717, 1.165) is 0 Å². The molecule has 0 aliphatic heterocycles. The van der Waals surface area contributed by atoms with Crippen molar-refractivity contribution in [3.05, 3.63) is 6.33 Å². The van der Waals surface area contributed by atoms with E-state index >= 15 is 0 Å². The largest absolute Gasteiger partial charge is 0.396 e.